The summed E-state index contributed by atoms with van der Waals surface area (Å²) in [5.74, 6) is 1.16. The minimum Gasteiger partial charge on any atom is -0.496 e. The van der Waals surface area contributed by atoms with E-state index in [4.69, 9.17) is 14.2 Å². The lowest BCUT2D eigenvalue weighted by Crippen LogP contribution is -2.28. The van der Waals surface area contributed by atoms with Crippen LogP contribution < -0.4 is 19.5 Å². The normalized spacial score (nSPS) is 11.7. The first-order chi connectivity index (χ1) is 19.1. The van der Waals surface area contributed by atoms with Gasteiger partial charge in [-0.1, -0.05) is 100 Å². The molecule has 0 saturated carbocycles. The van der Waals surface area contributed by atoms with Gasteiger partial charge in [0.1, 0.15) is 22.9 Å². The molecule has 1 heterocycles. The highest BCUT2D eigenvalue weighted by Gasteiger charge is 2.27. The Balaban J connectivity index is 1.65. The predicted molar refractivity (Wildman–Crippen MR) is 155 cm³/mol. The van der Waals surface area contributed by atoms with Crippen LogP contribution >= 0.6 is 0 Å². The van der Waals surface area contributed by atoms with E-state index in [1.165, 1.54) is 72.0 Å². The minimum atomic E-state index is -0.711. The molecule has 1 N–H and O–H groups in total. The number of methoxy groups -OCH3 is 3. The van der Waals surface area contributed by atoms with E-state index in [-0.39, 0.29) is 5.91 Å². The van der Waals surface area contributed by atoms with Crippen LogP contribution in [-0.4, -0.2) is 42.2 Å². The zero-order chi connectivity index (χ0) is 27.9. The number of benzene rings is 2. The second-order valence-corrected chi connectivity index (χ2v) is 9.83. The number of anilines is 1. The number of carbonyl (C=O) groups excluding carboxylic acids is 1. The van der Waals surface area contributed by atoms with Crippen LogP contribution in [0.3, 0.4) is 0 Å². The molecule has 0 aliphatic heterocycles. The molecular weight excluding hydrogens is 492 g/mol. The fourth-order valence-electron chi connectivity index (χ4n) is 4.73. The van der Waals surface area contributed by atoms with Gasteiger partial charge >= 0.3 is 0 Å². The van der Waals surface area contributed by atoms with Crippen molar-refractivity contribution in [1.29, 1.82) is 0 Å². The van der Waals surface area contributed by atoms with Crippen molar-refractivity contribution in [2.75, 3.05) is 26.6 Å². The summed E-state index contributed by atoms with van der Waals surface area (Å²) in [4.78, 5) is 13.7. The lowest BCUT2D eigenvalue weighted by Gasteiger charge is -2.20. The van der Waals surface area contributed by atoms with Crippen LogP contribution in [0.5, 0.6) is 17.2 Å². The van der Waals surface area contributed by atoms with Gasteiger partial charge in [-0.15, -0.1) is 5.10 Å². The van der Waals surface area contributed by atoms with Gasteiger partial charge in [0.05, 0.1) is 27.0 Å². The number of aromatic nitrogens is 3. The molecule has 1 amide bonds. The zero-order valence-corrected chi connectivity index (χ0v) is 23.9. The van der Waals surface area contributed by atoms with Crippen LogP contribution in [0.2, 0.25) is 0 Å². The van der Waals surface area contributed by atoms with E-state index in [0.717, 1.165) is 24.1 Å². The van der Waals surface area contributed by atoms with Crippen LogP contribution in [-0.2, 0) is 11.2 Å². The summed E-state index contributed by atoms with van der Waals surface area (Å²) in [5.41, 5.74) is 2.12. The Bertz CT molecular complexity index is 1110. The molecule has 1 aromatic heterocycles. The van der Waals surface area contributed by atoms with Gasteiger partial charge in [0.2, 0.25) is 0 Å². The van der Waals surface area contributed by atoms with Crippen molar-refractivity contribution in [2.45, 2.75) is 83.6 Å². The molecule has 0 unspecified atom stereocenters. The van der Waals surface area contributed by atoms with E-state index >= 15 is 0 Å². The first kappa shape index (κ1) is 30.0. The van der Waals surface area contributed by atoms with Crippen molar-refractivity contribution in [3.8, 4) is 17.2 Å². The molecule has 0 aliphatic carbocycles. The number of hydrogen-bond donors (Lipinski definition) is 1. The molecule has 3 aromatic rings. The third kappa shape index (κ3) is 9.01. The molecule has 39 heavy (non-hydrogen) atoms. The van der Waals surface area contributed by atoms with Crippen LogP contribution in [0.4, 0.5) is 5.69 Å². The van der Waals surface area contributed by atoms with Crippen LogP contribution in [0.15, 0.2) is 48.7 Å². The fourth-order valence-corrected chi connectivity index (χ4v) is 4.73. The maximum absolute atomic E-state index is 13.7. The summed E-state index contributed by atoms with van der Waals surface area (Å²) in [6, 6.07) is 12.3. The molecular formula is C31H44N4O4. The average Bonchev–Trinajstić information content (AvgIpc) is 3.42. The quantitative estimate of drug-likeness (QED) is 0.176. The third-order valence-corrected chi connectivity index (χ3v) is 6.94. The van der Waals surface area contributed by atoms with Crippen LogP contribution in [0, 0.1) is 0 Å². The first-order valence-corrected chi connectivity index (χ1v) is 14.2. The fraction of sp³-hybridized carbons (Fsp3) is 0.516. The monoisotopic (exact) mass is 536 g/mol. The molecule has 0 spiro atoms. The average molecular weight is 537 g/mol. The smallest absolute Gasteiger partial charge is 0.254 e. The van der Waals surface area contributed by atoms with E-state index in [1.54, 1.807) is 23.9 Å². The Hall–Kier alpha value is -3.55. The Morgan fingerprint density at radius 1 is 0.846 bits per heavy atom. The number of nitrogens with zero attached hydrogens (tertiary/aromatic N) is 3. The number of carbonyl (C=O) groups is 1. The molecule has 1 atom stereocenters. The van der Waals surface area contributed by atoms with E-state index in [0.29, 0.717) is 22.9 Å². The number of unbranched alkanes of at least 4 members (excludes halogenated alkanes) is 9. The van der Waals surface area contributed by atoms with Gasteiger partial charge < -0.3 is 19.5 Å². The summed E-state index contributed by atoms with van der Waals surface area (Å²) < 4.78 is 18.0. The highest BCUT2D eigenvalue weighted by atomic mass is 16.5. The summed E-state index contributed by atoms with van der Waals surface area (Å²) >= 11 is 0. The third-order valence-electron chi connectivity index (χ3n) is 6.94. The van der Waals surface area contributed by atoms with E-state index in [1.807, 2.05) is 36.5 Å². The van der Waals surface area contributed by atoms with Gasteiger partial charge in [-0.2, -0.15) is 0 Å². The number of ether oxygens (including phenoxy) is 3. The van der Waals surface area contributed by atoms with Crippen molar-refractivity contribution in [2.24, 2.45) is 0 Å². The molecule has 212 valence electrons. The summed E-state index contributed by atoms with van der Waals surface area (Å²) in [6.07, 6.45) is 15.6. The number of nitrogens with one attached hydrogen (secondary N) is 1. The van der Waals surface area contributed by atoms with Crippen molar-refractivity contribution in [3.63, 3.8) is 0 Å². The predicted octanol–water partition coefficient (Wildman–Crippen LogP) is 7.00. The maximum Gasteiger partial charge on any atom is 0.254 e. The number of rotatable bonds is 18. The largest absolute Gasteiger partial charge is 0.496 e. The van der Waals surface area contributed by atoms with Crippen molar-refractivity contribution in [1.82, 2.24) is 15.0 Å². The van der Waals surface area contributed by atoms with Crippen LogP contribution in [0.25, 0.3) is 0 Å². The molecule has 8 nitrogen and oxygen atoms in total. The molecule has 0 fully saturated rings. The second kappa shape index (κ2) is 16.4. The van der Waals surface area contributed by atoms with Gasteiger partial charge in [-0.25, -0.2) is 4.68 Å². The van der Waals surface area contributed by atoms with E-state index in [2.05, 4.69) is 22.6 Å². The Morgan fingerprint density at radius 2 is 1.44 bits per heavy atom. The first-order valence-electron chi connectivity index (χ1n) is 14.2. The van der Waals surface area contributed by atoms with Gasteiger partial charge in [0.15, 0.2) is 6.04 Å². The SMILES string of the molecule is CCCCCCCCCCCCc1cn([C@@H](C(=O)Nc2c(OC)cc(OC)cc2OC)c2ccccc2)nn1. The molecule has 2 aromatic carbocycles. The van der Waals surface area contributed by atoms with Crippen LogP contribution in [0.1, 0.15) is 88.4 Å². The Kier molecular flexibility index (Phi) is 12.6. The maximum atomic E-state index is 13.7. The highest BCUT2D eigenvalue weighted by Crippen LogP contribution is 2.39. The lowest BCUT2D eigenvalue weighted by atomic mass is 10.1. The number of amides is 1. The van der Waals surface area contributed by atoms with E-state index in [9.17, 15) is 4.79 Å². The summed E-state index contributed by atoms with van der Waals surface area (Å²) in [5, 5.41) is 11.7. The van der Waals surface area contributed by atoms with E-state index < -0.39 is 6.04 Å². The number of hydrogen-bond acceptors (Lipinski definition) is 6. The highest BCUT2D eigenvalue weighted by molar-refractivity contribution is 5.98. The van der Waals surface area contributed by atoms with Gasteiger partial charge in [0, 0.05) is 18.3 Å². The standard InChI is InChI=1S/C31H44N4O4/c1-5-6-7-8-9-10-11-12-13-17-20-25-23-35(34-33-25)30(24-18-15-14-16-19-24)31(36)32-29-27(38-3)21-26(37-2)22-28(29)39-4/h14-16,18-19,21-23,30H,5-13,17,20H2,1-4H3,(H,32,36)/t30-/m1/s1. The van der Waals surface area contributed by atoms with Crippen molar-refractivity contribution in [3.05, 3.63) is 59.9 Å². The molecule has 0 saturated heterocycles. The molecule has 0 bridgehead atoms. The summed E-state index contributed by atoms with van der Waals surface area (Å²) in [7, 11) is 4.64. The van der Waals surface area contributed by atoms with Gasteiger partial charge in [-0.3, -0.25) is 4.79 Å². The zero-order valence-electron chi connectivity index (χ0n) is 23.9. The Labute approximate surface area is 233 Å². The molecule has 0 aliphatic rings. The molecule has 0 radical (unpaired) electrons. The topological polar surface area (TPSA) is 87.5 Å². The van der Waals surface area contributed by atoms with Gasteiger partial charge in [-0.05, 0) is 18.4 Å². The lowest BCUT2D eigenvalue weighted by molar-refractivity contribution is -0.118. The number of aryl methyl sites for hydroxylation is 1. The summed E-state index contributed by atoms with van der Waals surface area (Å²) in [6.45, 7) is 2.26. The molecule has 3 rings (SSSR count). The molecule has 8 heteroatoms. The van der Waals surface area contributed by atoms with Crippen molar-refractivity contribution < 1.29 is 19.0 Å². The van der Waals surface area contributed by atoms with Gasteiger partial charge in [0.25, 0.3) is 5.91 Å². The minimum absolute atomic E-state index is 0.279. The second-order valence-electron chi connectivity index (χ2n) is 9.83. The van der Waals surface area contributed by atoms with Crippen molar-refractivity contribution >= 4 is 11.6 Å². The Morgan fingerprint density at radius 3 is 2.00 bits per heavy atom.